The molecule has 0 aliphatic rings. The lowest BCUT2D eigenvalue weighted by Gasteiger charge is -2.09. The molecule has 4 nitrogen and oxygen atoms in total. The third kappa shape index (κ3) is 5.88. The van der Waals surface area contributed by atoms with E-state index in [9.17, 15) is 4.79 Å². The van der Waals surface area contributed by atoms with E-state index < -0.39 is 5.97 Å². The van der Waals surface area contributed by atoms with E-state index in [1.54, 1.807) is 34.9 Å². The number of hydrogen-bond acceptors (Lipinski definition) is 7. The SMILES string of the molecule is C=CC(=O)OC(C)CSc1nnc(SC(C)C)s1. The Morgan fingerprint density at radius 2 is 2.11 bits per heavy atom. The highest BCUT2D eigenvalue weighted by Gasteiger charge is 2.11. The van der Waals surface area contributed by atoms with Crippen LogP contribution in [-0.2, 0) is 9.53 Å². The van der Waals surface area contributed by atoms with Gasteiger partial charge in [0.15, 0.2) is 8.68 Å². The Labute approximate surface area is 120 Å². The molecule has 1 rings (SSSR count). The van der Waals surface area contributed by atoms with Crippen LogP contribution in [0.1, 0.15) is 20.8 Å². The fraction of sp³-hybridized carbons (Fsp3) is 0.545. The van der Waals surface area contributed by atoms with Gasteiger partial charge in [-0.05, 0) is 6.92 Å². The monoisotopic (exact) mass is 304 g/mol. The minimum absolute atomic E-state index is 0.161. The average Bonchev–Trinajstić information content (AvgIpc) is 2.73. The zero-order chi connectivity index (χ0) is 13.5. The number of nitrogens with zero attached hydrogens (tertiary/aromatic N) is 2. The molecule has 0 aliphatic carbocycles. The molecule has 0 bridgehead atoms. The number of ether oxygens (including phenoxy) is 1. The molecular weight excluding hydrogens is 288 g/mol. The molecule has 0 saturated carbocycles. The van der Waals surface area contributed by atoms with E-state index in [-0.39, 0.29) is 6.10 Å². The molecule has 1 unspecified atom stereocenters. The van der Waals surface area contributed by atoms with E-state index >= 15 is 0 Å². The molecule has 0 fully saturated rings. The second-order valence-corrected chi connectivity index (χ2v) is 7.83. The van der Waals surface area contributed by atoms with E-state index in [1.807, 2.05) is 6.92 Å². The van der Waals surface area contributed by atoms with Gasteiger partial charge >= 0.3 is 5.97 Å². The summed E-state index contributed by atoms with van der Waals surface area (Å²) < 4.78 is 6.94. The summed E-state index contributed by atoms with van der Waals surface area (Å²) in [6.45, 7) is 9.45. The summed E-state index contributed by atoms with van der Waals surface area (Å²) in [6, 6.07) is 0. The number of aromatic nitrogens is 2. The standard InChI is InChI=1S/C11H16N2O2S3/c1-5-9(14)15-8(4)6-16-10-12-13-11(18-10)17-7(2)3/h5,7-8H,1,6H2,2-4H3. The summed E-state index contributed by atoms with van der Waals surface area (Å²) in [4.78, 5) is 11.0. The van der Waals surface area contributed by atoms with Gasteiger partial charge in [0.2, 0.25) is 0 Å². The predicted octanol–water partition coefficient (Wildman–Crippen LogP) is 3.25. The Balaban J connectivity index is 2.36. The Morgan fingerprint density at radius 1 is 1.44 bits per heavy atom. The van der Waals surface area contributed by atoms with Crippen LogP contribution >= 0.6 is 34.9 Å². The quantitative estimate of drug-likeness (QED) is 0.438. The van der Waals surface area contributed by atoms with Crippen LogP contribution in [0.2, 0.25) is 0 Å². The number of rotatable bonds is 7. The third-order valence-electron chi connectivity index (χ3n) is 1.65. The molecule has 1 aromatic heterocycles. The third-order valence-corrected chi connectivity index (χ3v) is 5.02. The van der Waals surface area contributed by atoms with Gasteiger partial charge in [0.25, 0.3) is 0 Å². The maximum Gasteiger partial charge on any atom is 0.330 e. The fourth-order valence-electron chi connectivity index (χ4n) is 0.974. The van der Waals surface area contributed by atoms with Crippen LogP contribution < -0.4 is 0 Å². The van der Waals surface area contributed by atoms with E-state index in [0.29, 0.717) is 11.0 Å². The van der Waals surface area contributed by atoms with Crippen molar-refractivity contribution in [2.45, 2.75) is 40.8 Å². The Kier molecular flexibility index (Phi) is 6.73. The van der Waals surface area contributed by atoms with Gasteiger partial charge in [0.05, 0.1) is 0 Å². The lowest BCUT2D eigenvalue weighted by Crippen LogP contribution is -2.15. The Bertz CT molecular complexity index is 407. The summed E-state index contributed by atoms with van der Waals surface area (Å²) in [5.74, 6) is 0.275. The van der Waals surface area contributed by atoms with E-state index in [2.05, 4.69) is 30.6 Å². The van der Waals surface area contributed by atoms with Crippen LogP contribution in [-0.4, -0.2) is 33.3 Å². The van der Waals surface area contributed by atoms with Crippen LogP contribution in [0.25, 0.3) is 0 Å². The van der Waals surface area contributed by atoms with Gasteiger partial charge in [0, 0.05) is 17.1 Å². The minimum Gasteiger partial charge on any atom is -0.459 e. The second kappa shape index (κ2) is 7.81. The molecular formula is C11H16N2O2S3. The van der Waals surface area contributed by atoms with Gasteiger partial charge in [-0.3, -0.25) is 0 Å². The highest BCUT2D eigenvalue weighted by molar-refractivity contribution is 8.03. The molecule has 0 N–H and O–H groups in total. The first-order valence-electron chi connectivity index (χ1n) is 5.47. The van der Waals surface area contributed by atoms with Crippen molar-refractivity contribution in [1.82, 2.24) is 10.2 Å². The van der Waals surface area contributed by atoms with Crippen LogP contribution in [0.4, 0.5) is 0 Å². The smallest absolute Gasteiger partial charge is 0.330 e. The lowest BCUT2D eigenvalue weighted by molar-refractivity contribution is -0.141. The number of thioether (sulfide) groups is 2. The summed E-state index contributed by atoms with van der Waals surface area (Å²) in [7, 11) is 0. The van der Waals surface area contributed by atoms with Crippen molar-refractivity contribution >= 4 is 40.8 Å². The first-order valence-corrected chi connectivity index (χ1v) is 8.15. The molecule has 0 aromatic carbocycles. The molecule has 7 heteroatoms. The summed E-state index contributed by atoms with van der Waals surface area (Å²) in [5, 5.41) is 8.69. The topological polar surface area (TPSA) is 52.1 Å². The molecule has 0 aliphatic heterocycles. The average molecular weight is 304 g/mol. The maximum atomic E-state index is 11.0. The minimum atomic E-state index is -0.392. The summed E-state index contributed by atoms with van der Waals surface area (Å²) in [5.41, 5.74) is 0. The first kappa shape index (κ1) is 15.5. The van der Waals surface area contributed by atoms with Gasteiger partial charge in [-0.25, -0.2) is 4.79 Å². The molecule has 0 amide bonds. The lowest BCUT2D eigenvalue weighted by atomic mass is 10.5. The molecule has 0 spiro atoms. The van der Waals surface area contributed by atoms with E-state index in [0.717, 1.165) is 8.68 Å². The van der Waals surface area contributed by atoms with Gasteiger partial charge < -0.3 is 4.74 Å². The van der Waals surface area contributed by atoms with Crippen molar-refractivity contribution in [3.63, 3.8) is 0 Å². The van der Waals surface area contributed by atoms with Crippen molar-refractivity contribution < 1.29 is 9.53 Å². The van der Waals surface area contributed by atoms with Gasteiger partial charge in [-0.1, -0.05) is 55.3 Å². The molecule has 18 heavy (non-hydrogen) atoms. The largest absolute Gasteiger partial charge is 0.459 e. The molecule has 1 aromatic rings. The fourth-order valence-corrected chi connectivity index (χ4v) is 4.16. The maximum absolute atomic E-state index is 11.0. The van der Waals surface area contributed by atoms with E-state index in [1.165, 1.54) is 6.08 Å². The highest BCUT2D eigenvalue weighted by Crippen LogP contribution is 2.31. The van der Waals surface area contributed by atoms with Gasteiger partial charge in [-0.2, -0.15) is 0 Å². The van der Waals surface area contributed by atoms with Crippen molar-refractivity contribution in [2.24, 2.45) is 0 Å². The van der Waals surface area contributed by atoms with Crippen LogP contribution in [0, 0.1) is 0 Å². The zero-order valence-electron chi connectivity index (χ0n) is 10.6. The van der Waals surface area contributed by atoms with Crippen molar-refractivity contribution in [3.05, 3.63) is 12.7 Å². The van der Waals surface area contributed by atoms with Gasteiger partial charge in [-0.15, -0.1) is 10.2 Å². The van der Waals surface area contributed by atoms with Crippen LogP contribution in [0.3, 0.4) is 0 Å². The Morgan fingerprint density at radius 3 is 2.72 bits per heavy atom. The molecule has 0 radical (unpaired) electrons. The van der Waals surface area contributed by atoms with Gasteiger partial charge in [0.1, 0.15) is 6.10 Å². The van der Waals surface area contributed by atoms with Crippen molar-refractivity contribution in [1.29, 1.82) is 0 Å². The Hall–Kier alpha value is -0.530. The molecule has 1 atom stereocenters. The number of hydrogen-bond donors (Lipinski definition) is 0. The predicted molar refractivity (Wildman–Crippen MR) is 77.4 cm³/mol. The first-order chi connectivity index (χ1) is 8.51. The highest BCUT2D eigenvalue weighted by atomic mass is 32.2. The summed E-state index contributed by atoms with van der Waals surface area (Å²) >= 11 is 4.82. The van der Waals surface area contributed by atoms with Crippen molar-refractivity contribution in [2.75, 3.05) is 5.75 Å². The van der Waals surface area contributed by atoms with Crippen LogP contribution in [0.15, 0.2) is 21.3 Å². The van der Waals surface area contributed by atoms with Crippen molar-refractivity contribution in [3.8, 4) is 0 Å². The summed E-state index contributed by atoms with van der Waals surface area (Å²) in [6.07, 6.45) is 1.01. The zero-order valence-corrected chi connectivity index (χ0v) is 13.0. The molecule has 1 heterocycles. The number of carbonyl (C=O) groups is 1. The molecule has 100 valence electrons. The number of carbonyl (C=O) groups excluding carboxylic acids is 1. The van der Waals surface area contributed by atoms with Crippen LogP contribution in [0.5, 0.6) is 0 Å². The second-order valence-electron chi connectivity index (χ2n) is 3.76. The normalized spacial score (nSPS) is 12.4. The number of esters is 1. The molecule has 0 saturated heterocycles. The van der Waals surface area contributed by atoms with E-state index in [4.69, 9.17) is 4.74 Å².